The zero-order chi connectivity index (χ0) is 10.3. The average molecular weight is 198 g/mol. The zero-order valence-electron chi connectivity index (χ0n) is 8.10. The first kappa shape index (κ1) is 8.50. The van der Waals surface area contributed by atoms with Gasteiger partial charge in [0, 0.05) is 10.8 Å². The molecule has 3 rings (SSSR count). The van der Waals surface area contributed by atoms with Gasteiger partial charge in [-0.1, -0.05) is 24.3 Å². The molecule has 0 aliphatic heterocycles. The summed E-state index contributed by atoms with van der Waals surface area (Å²) in [6, 6.07) is 13.7. The molecule has 0 bridgehead atoms. The predicted molar refractivity (Wildman–Crippen MR) is 59.6 cm³/mol. The molecule has 1 N–H and O–H groups in total. The number of para-hydroxylation sites is 1. The predicted octanol–water partition coefficient (Wildman–Crippen LogP) is 3.08. The van der Waals surface area contributed by atoms with Crippen LogP contribution in [0.15, 0.2) is 46.9 Å². The Labute approximate surface area is 86.7 Å². The van der Waals surface area contributed by atoms with Gasteiger partial charge in [-0.15, -0.1) is 0 Å². The summed E-state index contributed by atoms with van der Waals surface area (Å²) in [5.41, 5.74) is 2.67. The third-order valence-corrected chi connectivity index (χ3v) is 2.62. The number of aliphatic hydroxyl groups is 1. The van der Waals surface area contributed by atoms with E-state index in [1.165, 1.54) is 0 Å². The van der Waals surface area contributed by atoms with Gasteiger partial charge in [-0.05, 0) is 23.8 Å². The summed E-state index contributed by atoms with van der Waals surface area (Å²) in [5.74, 6) is 0. The Balaban J connectivity index is 2.46. The van der Waals surface area contributed by atoms with Crippen LogP contribution in [0.4, 0.5) is 0 Å². The van der Waals surface area contributed by atoms with Crippen molar-refractivity contribution >= 4 is 21.9 Å². The van der Waals surface area contributed by atoms with Crippen LogP contribution in [0, 0.1) is 0 Å². The summed E-state index contributed by atoms with van der Waals surface area (Å²) in [4.78, 5) is 0. The number of furan rings is 1. The third kappa shape index (κ3) is 1.22. The molecule has 0 amide bonds. The van der Waals surface area contributed by atoms with Crippen LogP contribution in [0.25, 0.3) is 21.9 Å². The van der Waals surface area contributed by atoms with E-state index in [2.05, 4.69) is 0 Å². The first-order chi connectivity index (χ1) is 7.38. The third-order valence-electron chi connectivity index (χ3n) is 2.62. The molecule has 1 heterocycles. The highest BCUT2D eigenvalue weighted by Crippen LogP contribution is 2.28. The minimum absolute atomic E-state index is 0.0649. The van der Waals surface area contributed by atoms with Crippen LogP contribution >= 0.6 is 0 Å². The molecular formula is C13H10O2. The van der Waals surface area contributed by atoms with E-state index in [0.717, 1.165) is 27.5 Å². The summed E-state index contributed by atoms with van der Waals surface area (Å²) in [7, 11) is 0. The number of hydrogen-bond acceptors (Lipinski definition) is 2. The molecule has 0 saturated carbocycles. The largest absolute Gasteiger partial charge is 0.456 e. The first-order valence-corrected chi connectivity index (χ1v) is 4.89. The van der Waals surface area contributed by atoms with Crippen LogP contribution in [0.2, 0.25) is 0 Å². The maximum atomic E-state index is 9.08. The Bertz CT molecular complexity index is 623. The van der Waals surface area contributed by atoms with E-state index in [1.54, 1.807) is 0 Å². The molecule has 0 aliphatic carbocycles. The van der Waals surface area contributed by atoms with Gasteiger partial charge < -0.3 is 9.52 Å². The van der Waals surface area contributed by atoms with E-state index in [4.69, 9.17) is 9.52 Å². The summed E-state index contributed by atoms with van der Waals surface area (Å²) < 4.78 is 5.67. The fourth-order valence-electron chi connectivity index (χ4n) is 1.87. The Kier molecular flexibility index (Phi) is 1.76. The van der Waals surface area contributed by atoms with Crippen LogP contribution in [0.3, 0.4) is 0 Å². The van der Waals surface area contributed by atoms with Crippen molar-refractivity contribution in [2.24, 2.45) is 0 Å². The molecule has 0 unspecified atom stereocenters. The molecule has 0 atom stereocenters. The normalized spacial score (nSPS) is 11.3. The van der Waals surface area contributed by atoms with E-state index in [1.807, 2.05) is 42.5 Å². The van der Waals surface area contributed by atoms with Gasteiger partial charge in [-0.2, -0.15) is 0 Å². The lowest BCUT2D eigenvalue weighted by molar-refractivity contribution is 0.282. The molecule has 2 aromatic carbocycles. The van der Waals surface area contributed by atoms with Gasteiger partial charge >= 0.3 is 0 Å². The van der Waals surface area contributed by atoms with Crippen molar-refractivity contribution in [3.8, 4) is 0 Å². The highest BCUT2D eigenvalue weighted by Gasteiger charge is 2.05. The first-order valence-electron chi connectivity index (χ1n) is 4.89. The maximum absolute atomic E-state index is 9.08. The molecule has 0 saturated heterocycles. The Hall–Kier alpha value is -1.80. The Morgan fingerprint density at radius 3 is 2.60 bits per heavy atom. The van der Waals surface area contributed by atoms with Crippen LogP contribution in [0.5, 0.6) is 0 Å². The van der Waals surface area contributed by atoms with Crippen molar-refractivity contribution in [1.29, 1.82) is 0 Å². The van der Waals surface area contributed by atoms with Gasteiger partial charge in [0.2, 0.25) is 0 Å². The fourth-order valence-corrected chi connectivity index (χ4v) is 1.87. The SMILES string of the molecule is OCc1ccc2oc3ccccc3c2c1. The molecule has 2 nitrogen and oxygen atoms in total. The molecule has 3 aromatic rings. The van der Waals surface area contributed by atoms with Gasteiger partial charge in [0.05, 0.1) is 6.61 Å². The number of hydrogen-bond donors (Lipinski definition) is 1. The van der Waals surface area contributed by atoms with E-state index in [-0.39, 0.29) is 6.61 Å². The topological polar surface area (TPSA) is 33.4 Å². The Morgan fingerprint density at radius 2 is 1.73 bits per heavy atom. The lowest BCUT2D eigenvalue weighted by Gasteiger charge is -1.94. The van der Waals surface area contributed by atoms with Crippen LogP contribution < -0.4 is 0 Å². The smallest absolute Gasteiger partial charge is 0.135 e. The minimum atomic E-state index is 0.0649. The molecule has 74 valence electrons. The van der Waals surface area contributed by atoms with Crippen LogP contribution in [-0.4, -0.2) is 5.11 Å². The second-order valence-corrected chi connectivity index (χ2v) is 3.59. The number of fused-ring (bicyclic) bond motifs is 3. The summed E-state index contributed by atoms with van der Waals surface area (Å²) in [5, 5.41) is 11.2. The molecular weight excluding hydrogens is 188 g/mol. The molecule has 1 aromatic heterocycles. The van der Waals surface area contributed by atoms with Gasteiger partial charge in [-0.25, -0.2) is 0 Å². The summed E-state index contributed by atoms with van der Waals surface area (Å²) >= 11 is 0. The lowest BCUT2D eigenvalue weighted by atomic mass is 10.1. The average Bonchev–Trinajstić information content (AvgIpc) is 2.66. The lowest BCUT2D eigenvalue weighted by Crippen LogP contribution is -1.80. The highest BCUT2D eigenvalue weighted by atomic mass is 16.3. The summed E-state index contributed by atoms with van der Waals surface area (Å²) in [6.45, 7) is 0.0649. The van der Waals surface area contributed by atoms with Crippen molar-refractivity contribution in [2.75, 3.05) is 0 Å². The van der Waals surface area contributed by atoms with Crippen molar-refractivity contribution in [3.05, 3.63) is 48.0 Å². The molecule has 0 radical (unpaired) electrons. The van der Waals surface area contributed by atoms with E-state index in [9.17, 15) is 0 Å². The van der Waals surface area contributed by atoms with Crippen molar-refractivity contribution in [1.82, 2.24) is 0 Å². The second-order valence-electron chi connectivity index (χ2n) is 3.59. The molecule has 0 fully saturated rings. The van der Waals surface area contributed by atoms with Crippen LogP contribution in [-0.2, 0) is 6.61 Å². The number of rotatable bonds is 1. The zero-order valence-corrected chi connectivity index (χ0v) is 8.10. The fraction of sp³-hybridized carbons (Fsp3) is 0.0769. The van der Waals surface area contributed by atoms with E-state index in [0.29, 0.717) is 0 Å². The molecule has 2 heteroatoms. The maximum Gasteiger partial charge on any atom is 0.135 e. The summed E-state index contributed by atoms with van der Waals surface area (Å²) in [6.07, 6.45) is 0. The Morgan fingerprint density at radius 1 is 0.933 bits per heavy atom. The molecule has 15 heavy (non-hydrogen) atoms. The van der Waals surface area contributed by atoms with E-state index < -0.39 is 0 Å². The number of benzene rings is 2. The highest BCUT2D eigenvalue weighted by molar-refractivity contribution is 6.04. The van der Waals surface area contributed by atoms with Crippen LogP contribution in [0.1, 0.15) is 5.56 Å². The second kappa shape index (κ2) is 3.11. The van der Waals surface area contributed by atoms with Crippen molar-refractivity contribution in [3.63, 3.8) is 0 Å². The quantitative estimate of drug-likeness (QED) is 0.651. The van der Waals surface area contributed by atoms with Gasteiger partial charge in [-0.3, -0.25) is 0 Å². The minimum Gasteiger partial charge on any atom is -0.456 e. The monoisotopic (exact) mass is 198 g/mol. The van der Waals surface area contributed by atoms with Gasteiger partial charge in [0.1, 0.15) is 11.2 Å². The molecule has 0 spiro atoms. The van der Waals surface area contributed by atoms with Crippen molar-refractivity contribution < 1.29 is 9.52 Å². The standard InChI is InChI=1S/C13H10O2/c14-8-9-5-6-13-11(7-9)10-3-1-2-4-12(10)15-13/h1-7,14H,8H2. The van der Waals surface area contributed by atoms with Gasteiger partial charge in [0.25, 0.3) is 0 Å². The van der Waals surface area contributed by atoms with E-state index >= 15 is 0 Å². The number of aliphatic hydroxyl groups excluding tert-OH is 1. The van der Waals surface area contributed by atoms with Crippen molar-refractivity contribution in [2.45, 2.75) is 6.61 Å². The van der Waals surface area contributed by atoms with Gasteiger partial charge in [0.15, 0.2) is 0 Å². The molecule has 0 aliphatic rings.